The molecule has 0 bridgehead atoms. The minimum Gasteiger partial charge on any atom is -0.399 e. The summed E-state index contributed by atoms with van der Waals surface area (Å²) in [4.78, 5) is 5.12. The van der Waals surface area contributed by atoms with E-state index in [1.807, 2.05) is 0 Å². The van der Waals surface area contributed by atoms with E-state index in [9.17, 15) is 0 Å². The van der Waals surface area contributed by atoms with Crippen LogP contribution >= 0.6 is 0 Å². The molecule has 1 fully saturated rings. The first-order valence-electron chi connectivity index (χ1n) is 20.5. The van der Waals surface area contributed by atoms with Gasteiger partial charge in [-0.1, -0.05) is 152 Å². The highest BCUT2D eigenvalue weighted by molar-refractivity contribution is 6.62. The number of fused-ring (bicyclic) bond motifs is 8. The molecule has 0 amide bonds. The second-order valence-corrected chi connectivity index (χ2v) is 17.3. The third-order valence-electron chi connectivity index (χ3n) is 13.4. The lowest BCUT2D eigenvalue weighted by Crippen LogP contribution is -2.41. The van der Waals surface area contributed by atoms with Gasteiger partial charge in [-0.15, -0.1) is 6.42 Å². The number of rotatable bonds is 6. The van der Waals surface area contributed by atoms with Crippen LogP contribution < -0.4 is 5.46 Å². The monoisotopic (exact) mass is 751 g/mol. The Bertz CT molecular complexity index is 2720. The molecule has 4 heteroatoms. The van der Waals surface area contributed by atoms with Gasteiger partial charge in [-0.3, -0.25) is 4.99 Å². The van der Waals surface area contributed by atoms with Gasteiger partial charge in [0.1, 0.15) is 0 Å². The van der Waals surface area contributed by atoms with Crippen LogP contribution in [0.3, 0.4) is 0 Å². The summed E-state index contributed by atoms with van der Waals surface area (Å²) < 4.78 is 13.2. The van der Waals surface area contributed by atoms with Gasteiger partial charge in [-0.2, -0.15) is 0 Å². The van der Waals surface area contributed by atoms with Crippen molar-refractivity contribution in [2.24, 2.45) is 4.99 Å². The van der Waals surface area contributed by atoms with E-state index in [2.05, 4.69) is 192 Å². The maximum Gasteiger partial charge on any atom is 0.494 e. The molecule has 282 valence electrons. The Morgan fingerprint density at radius 1 is 0.724 bits per heavy atom. The molecule has 58 heavy (non-hydrogen) atoms. The lowest BCUT2D eigenvalue weighted by molar-refractivity contribution is 0.00578. The predicted octanol–water partition coefficient (Wildman–Crippen LogP) is 11.7. The number of terminal acetylenes is 1. The zero-order valence-corrected chi connectivity index (χ0v) is 33.8. The second kappa shape index (κ2) is 13.6. The molecule has 1 unspecified atom stereocenters. The van der Waals surface area contributed by atoms with Crippen LogP contribution in [0.4, 0.5) is 5.69 Å². The summed E-state index contributed by atoms with van der Waals surface area (Å²) in [5.41, 5.74) is 17.1. The standard InChI is InChI=1S/C54H46BNO2/c1-7-41-45-29-28-40(55-57-52(3,4)53(5,6)58-55)34-49(45)54(46-25-14-11-23-43(46)44-24-12-15-26-47(44)54)48(41)30-35(2)38-21-17-18-36(31-38)32-39-33-51(37-19-9-8-10-20-37)56-50-27-16-13-22-42(39)50/h1,8-31,34,39H,32-33H2,2-6H3/b35-30+. The average molecular weight is 752 g/mol. The van der Waals surface area contributed by atoms with E-state index in [0.29, 0.717) is 5.92 Å². The lowest BCUT2D eigenvalue weighted by Gasteiger charge is -2.32. The third kappa shape index (κ3) is 5.56. The SMILES string of the molecule is C#CC1=C(/C=C(\C)c2cccc(CC3CC(c4ccccc4)=Nc4ccccc43)c2)C2(c3cc(B4OC(C)(C)C(C)(C)O4)ccc31)c1ccccc1-c1ccccc12. The second-order valence-electron chi connectivity index (χ2n) is 17.3. The lowest BCUT2D eigenvalue weighted by atomic mass is 9.67. The fourth-order valence-electron chi connectivity index (χ4n) is 9.84. The Morgan fingerprint density at radius 2 is 1.38 bits per heavy atom. The number of hydrogen-bond donors (Lipinski definition) is 0. The first-order chi connectivity index (χ1) is 28.1. The maximum atomic E-state index is 6.62. The minimum atomic E-state index is -0.623. The van der Waals surface area contributed by atoms with Crippen LogP contribution in [0.5, 0.6) is 0 Å². The average Bonchev–Trinajstić information content (AvgIpc) is 3.78. The number of para-hydroxylation sites is 1. The molecule has 0 aromatic heterocycles. The minimum absolute atomic E-state index is 0.316. The molecule has 10 rings (SSSR count). The van der Waals surface area contributed by atoms with Crippen molar-refractivity contribution in [3.05, 3.63) is 202 Å². The first kappa shape index (κ1) is 36.4. The number of allylic oxidation sites excluding steroid dienone is 4. The molecule has 6 aromatic carbocycles. The van der Waals surface area contributed by atoms with Gasteiger partial charge >= 0.3 is 7.12 Å². The number of nitrogens with zero attached hydrogens (tertiary/aromatic N) is 1. The van der Waals surface area contributed by atoms with Gasteiger partial charge in [-0.05, 0) is 132 Å². The van der Waals surface area contributed by atoms with Crippen molar-refractivity contribution in [2.45, 2.75) is 70.0 Å². The van der Waals surface area contributed by atoms with Crippen molar-refractivity contribution in [3.8, 4) is 23.5 Å². The Labute approximate surface area is 343 Å². The molecule has 2 aliphatic carbocycles. The molecule has 0 radical (unpaired) electrons. The number of benzene rings is 6. The molecule has 2 heterocycles. The van der Waals surface area contributed by atoms with Crippen LogP contribution in [0.15, 0.2) is 162 Å². The summed E-state index contributed by atoms with van der Waals surface area (Å²) in [6.07, 6.45) is 10.8. The first-order valence-corrected chi connectivity index (χ1v) is 20.5. The van der Waals surface area contributed by atoms with Crippen molar-refractivity contribution < 1.29 is 9.31 Å². The summed E-state index contributed by atoms with van der Waals surface area (Å²) in [6, 6.07) is 52.7. The summed E-state index contributed by atoms with van der Waals surface area (Å²) in [6.45, 7) is 10.7. The molecule has 1 spiro atoms. The van der Waals surface area contributed by atoms with Crippen LogP contribution in [0.1, 0.15) is 91.5 Å². The van der Waals surface area contributed by atoms with E-state index in [0.717, 1.165) is 46.4 Å². The van der Waals surface area contributed by atoms with Gasteiger partial charge < -0.3 is 9.31 Å². The van der Waals surface area contributed by atoms with E-state index < -0.39 is 23.7 Å². The molecule has 1 saturated heterocycles. The van der Waals surface area contributed by atoms with Crippen molar-refractivity contribution >= 4 is 35.1 Å². The molecule has 1 atom stereocenters. The van der Waals surface area contributed by atoms with Gasteiger partial charge in [0, 0.05) is 11.3 Å². The zero-order valence-electron chi connectivity index (χ0n) is 33.8. The van der Waals surface area contributed by atoms with Crippen molar-refractivity contribution in [2.75, 3.05) is 0 Å². The number of aliphatic imine (C=N–C) groups is 1. The summed E-state index contributed by atoms with van der Waals surface area (Å²) in [5.74, 6) is 3.53. The third-order valence-corrected chi connectivity index (χ3v) is 13.4. The van der Waals surface area contributed by atoms with E-state index in [1.54, 1.807) is 0 Å². The van der Waals surface area contributed by atoms with E-state index >= 15 is 0 Å². The summed E-state index contributed by atoms with van der Waals surface area (Å²) in [7, 11) is -0.497. The number of hydrogen-bond acceptors (Lipinski definition) is 3. The fourth-order valence-corrected chi connectivity index (χ4v) is 9.84. The molecule has 3 nitrogen and oxygen atoms in total. The van der Waals surface area contributed by atoms with E-state index in [1.165, 1.54) is 55.6 Å². The molecule has 4 aliphatic rings. The van der Waals surface area contributed by atoms with Gasteiger partial charge in [0.05, 0.1) is 22.3 Å². The van der Waals surface area contributed by atoms with Crippen LogP contribution in [-0.4, -0.2) is 24.0 Å². The smallest absolute Gasteiger partial charge is 0.399 e. The summed E-state index contributed by atoms with van der Waals surface area (Å²) >= 11 is 0. The van der Waals surface area contributed by atoms with Crippen LogP contribution in [-0.2, 0) is 21.1 Å². The topological polar surface area (TPSA) is 30.8 Å². The normalized spacial score (nSPS) is 19.3. The van der Waals surface area contributed by atoms with E-state index in [4.69, 9.17) is 20.7 Å². The van der Waals surface area contributed by atoms with Gasteiger partial charge in [0.15, 0.2) is 0 Å². The molecule has 6 aromatic rings. The maximum absolute atomic E-state index is 6.62. The van der Waals surface area contributed by atoms with Crippen LogP contribution in [0.2, 0.25) is 0 Å². The van der Waals surface area contributed by atoms with Crippen LogP contribution in [0.25, 0.3) is 22.3 Å². The Balaban J connectivity index is 1.08. The highest BCUT2D eigenvalue weighted by atomic mass is 16.7. The molecule has 0 saturated carbocycles. The van der Waals surface area contributed by atoms with Gasteiger partial charge in [0.2, 0.25) is 0 Å². The fraction of sp³-hybridized carbons (Fsp3) is 0.204. The molecule has 0 N–H and O–H groups in total. The molecular weight excluding hydrogens is 705 g/mol. The zero-order chi connectivity index (χ0) is 39.8. The quantitative estimate of drug-likeness (QED) is 0.125. The van der Waals surface area contributed by atoms with E-state index in [-0.39, 0.29) is 0 Å². The predicted molar refractivity (Wildman–Crippen MR) is 240 cm³/mol. The van der Waals surface area contributed by atoms with Crippen LogP contribution in [0, 0.1) is 12.3 Å². The molecular formula is C54H46BNO2. The molecule has 2 aliphatic heterocycles. The van der Waals surface area contributed by atoms with Gasteiger partial charge in [-0.25, -0.2) is 0 Å². The highest BCUT2D eigenvalue weighted by Crippen LogP contribution is 2.62. The van der Waals surface area contributed by atoms with Crippen molar-refractivity contribution in [1.29, 1.82) is 0 Å². The highest BCUT2D eigenvalue weighted by Gasteiger charge is 2.55. The largest absolute Gasteiger partial charge is 0.494 e. The van der Waals surface area contributed by atoms with Gasteiger partial charge in [0.25, 0.3) is 0 Å². The Morgan fingerprint density at radius 3 is 2.09 bits per heavy atom. The van der Waals surface area contributed by atoms with Crippen molar-refractivity contribution in [3.63, 3.8) is 0 Å². The Kier molecular flexibility index (Phi) is 8.50. The Hall–Kier alpha value is -5.99. The van der Waals surface area contributed by atoms with Crippen molar-refractivity contribution in [1.82, 2.24) is 0 Å². The summed E-state index contributed by atoms with van der Waals surface area (Å²) in [5, 5.41) is 0.